The molecule has 0 N–H and O–H groups in total. The minimum Gasteiger partial charge on any atom is -0.313 e. The van der Waals surface area contributed by atoms with E-state index in [4.69, 9.17) is 15.0 Å². The maximum atomic E-state index is 5.13. The Morgan fingerprint density at radius 3 is 1.34 bits per heavy atom. The van der Waals surface area contributed by atoms with E-state index >= 15 is 0 Å². The summed E-state index contributed by atoms with van der Waals surface area (Å²) in [4.78, 5) is 15.3. The zero-order chi connectivity index (χ0) is 41.0. The topological polar surface area (TPSA) is 48.5 Å². The molecule has 3 heterocycles. The average molecular weight is 794 g/mol. The smallest absolute Gasteiger partial charge is 0.164 e. The molecule has 62 heavy (non-hydrogen) atoms. The second-order valence-electron chi connectivity index (χ2n) is 15.9. The van der Waals surface area contributed by atoms with E-state index in [0.29, 0.717) is 17.5 Å². The number of fused-ring (bicyclic) bond motifs is 7. The van der Waals surface area contributed by atoms with Crippen LogP contribution in [-0.4, -0.2) is 24.1 Å². The van der Waals surface area contributed by atoms with E-state index in [1.54, 1.807) is 0 Å². The van der Waals surface area contributed by atoms with Crippen LogP contribution in [-0.2, 0) is 6.42 Å². The number of para-hydroxylation sites is 2. The van der Waals surface area contributed by atoms with Crippen LogP contribution in [0.5, 0.6) is 0 Å². The summed E-state index contributed by atoms with van der Waals surface area (Å²) in [6.45, 7) is 0. The van der Waals surface area contributed by atoms with Crippen molar-refractivity contribution in [2.24, 2.45) is 0 Å². The van der Waals surface area contributed by atoms with Gasteiger partial charge in [0.15, 0.2) is 17.5 Å². The van der Waals surface area contributed by atoms with Crippen LogP contribution in [0, 0.1) is 0 Å². The summed E-state index contributed by atoms with van der Waals surface area (Å²) in [5.74, 6) is 1.90. The molecule has 3 aromatic heterocycles. The summed E-state index contributed by atoms with van der Waals surface area (Å²) >= 11 is 0. The Morgan fingerprint density at radius 1 is 0.339 bits per heavy atom. The summed E-state index contributed by atoms with van der Waals surface area (Å²) in [6, 6.07) is 70.7. The highest BCUT2D eigenvalue weighted by atomic mass is 15.0. The maximum absolute atomic E-state index is 5.13. The molecule has 0 atom stereocenters. The van der Waals surface area contributed by atoms with Crippen LogP contribution in [0.4, 0.5) is 0 Å². The zero-order valence-corrected chi connectivity index (χ0v) is 33.9. The predicted octanol–water partition coefficient (Wildman–Crippen LogP) is 14.2. The summed E-state index contributed by atoms with van der Waals surface area (Å²) in [6.07, 6.45) is 6.64. The first-order valence-electron chi connectivity index (χ1n) is 21.3. The van der Waals surface area contributed by atoms with E-state index in [9.17, 15) is 0 Å². The highest BCUT2D eigenvalue weighted by Crippen LogP contribution is 2.43. The first-order valence-corrected chi connectivity index (χ1v) is 21.3. The van der Waals surface area contributed by atoms with Gasteiger partial charge < -0.3 is 9.13 Å². The van der Waals surface area contributed by atoms with Crippen molar-refractivity contribution >= 4 is 38.8 Å². The molecule has 292 valence electrons. The normalized spacial score (nSPS) is 12.3. The lowest BCUT2D eigenvalue weighted by Crippen LogP contribution is -2.03. The standard InChI is InChI=1S/C57H39N5/c1-4-14-38(15-5-1)40-24-28-42(29-25-40)55-58-56(43-30-26-41(27-31-43)39-16-6-2-7-17-39)60-57(59-55)44-32-34-46(35-33-44)62-50-23-13-11-21-48(50)54-52(62)37-36-51-53(54)47-20-10-12-22-49(47)61(51)45-18-8-3-9-19-45/h1-12,14-22,24-37H,13,23H2. The molecule has 1 aliphatic carbocycles. The molecule has 0 amide bonds. The number of allylic oxidation sites excluding steroid dienone is 1. The van der Waals surface area contributed by atoms with Crippen LogP contribution in [0.15, 0.2) is 206 Å². The molecular weight excluding hydrogens is 755 g/mol. The van der Waals surface area contributed by atoms with Crippen molar-refractivity contribution in [3.05, 3.63) is 218 Å². The Labute approximate surface area is 359 Å². The molecule has 0 unspecified atom stereocenters. The molecule has 5 nitrogen and oxygen atoms in total. The molecule has 0 spiro atoms. The van der Waals surface area contributed by atoms with Gasteiger partial charge in [0.1, 0.15) is 0 Å². The van der Waals surface area contributed by atoms with Gasteiger partial charge in [-0.1, -0.05) is 158 Å². The van der Waals surface area contributed by atoms with Crippen LogP contribution < -0.4 is 0 Å². The molecule has 0 saturated heterocycles. The number of hydrogen-bond acceptors (Lipinski definition) is 3. The molecule has 11 aromatic rings. The first kappa shape index (κ1) is 35.8. The predicted molar refractivity (Wildman–Crippen MR) is 256 cm³/mol. The van der Waals surface area contributed by atoms with E-state index in [2.05, 4.69) is 209 Å². The van der Waals surface area contributed by atoms with Crippen molar-refractivity contribution in [2.45, 2.75) is 12.8 Å². The number of benzene rings is 8. The second kappa shape index (κ2) is 14.8. The Kier molecular flexibility index (Phi) is 8.56. The fourth-order valence-corrected chi connectivity index (χ4v) is 9.32. The SMILES string of the molecule is C1=Cc2c(n(-c3ccc(-c4nc(-c5ccc(-c6ccccc6)cc5)nc(-c5ccc(-c6ccccc6)cc5)n4)cc3)c3ccc4c(c5ccccc5n4-c4ccccc4)c23)CC1. The van der Waals surface area contributed by atoms with Gasteiger partial charge in [0.2, 0.25) is 0 Å². The number of aromatic nitrogens is 5. The highest BCUT2D eigenvalue weighted by molar-refractivity contribution is 6.23. The monoisotopic (exact) mass is 793 g/mol. The molecule has 0 bridgehead atoms. The molecule has 1 aliphatic rings. The third-order valence-corrected chi connectivity index (χ3v) is 12.3. The van der Waals surface area contributed by atoms with E-state index in [1.165, 1.54) is 55.1 Å². The van der Waals surface area contributed by atoms with Gasteiger partial charge in [0, 0.05) is 55.5 Å². The summed E-state index contributed by atoms with van der Waals surface area (Å²) in [7, 11) is 0. The van der Waals surface area contributed by atoms with Gasteiger partial charge in [-0.05, 0) is 89.7 Å². The van der Waals surface area contributed by atoms with E-state index in [0.717, 1.165) is 52.0 Å². The molecule has 0 saturated carbocycles. The van der Waals surface area contributed by atoms with Crippen molar-refractivity contribution in [2.75, 3.05) is 0 Å². The molecular formula is C57H39N5. The quantitative estimate of drug-likeness (QED) is 0.161. The minimum absolute atomic E-state index is 0.633. The minimum atomic E-state index is 0.633. The van der Waals surface area contributed by atoms with Crippen molar-refractivity contribution in [1.82, 2.24) is 24.1 Å². The molecule has 12 rings (SSSR count). The van der Waals surface area contributed by atoms with Gasteiger partial charge in [-0.2, -0.15) is 0 Å². The number of hydrogen-bond donors (Lipinski definition) is 0. The Bertz CT molecular complexity index is 3350. The largest absolute Gasteiger partial charge is 0.313 e. The Morgan fingerprint density at radius 2 is 0.774 bits per heavy atom. The lowest BCUT2D eigenvalue weighted by molar-refractivity contribution is 0.888. The average Bonchev–Trinajstić information content (AvgIpc) is 3.88. The van der Waals surface area contributed by atoms with Gasteiger partial charge >= 0.3 is 0 Å². The number of rotatable bonds is 7. The van der Waals surface area contributed by atoms with Crippen molar-refractivity contribution in [1.29, 1.82) is 0 Å². The third-order valence-electron chi connectivity index (χ3n) is 12.3. The van der Waals surface area contributed by atoms with Gasteiger partial charge in [0.25, 0.3) is 0 Å². The second-order valence-corrected chi connectivity index (χ2v) is 15.9. The van der Waals surface area contributed by atoms with Gasteiger partial charge in [-0.15, -0.1) is 0 Å². The zero-order valence-electron chi connectivity index (χ0n) is 33.9. The van der Waals surface area contributed by atoms with E-state index < -0.39 is 0 Å². The lowest BCUT2D eigenvalue weighted by atomic mass is 9.99. The molecule has 0 fully saturated rings. The molecule has 5 heteroatoms. The van der Waals surface area contributed by atoms with Crippen LogP contribution in [0.1, 0.15) is 17.7 Å². The molecule has 0 aliphatic heterocycles. The van der Waals surface area contributed by atoms with Crippen LogP contribution in [0.25, 0.3) is 107 Å². The van der Waals surface area contributed by atoms with Crippen LogP contribution >= 0.6 is 0 Å². The Balaban J connectivity index is 0.979. The van der Waals surface area contributed by atoms with Crippen molar-refractivity contribution in [3.8, 4) is 67.8 Å². The summed E-state index contributed by atoms with van der Waals surface area (Å²) < 4.78 is 4.88. The number of nitrogens with zero attached hydrogens (tertiary/aromatic N) is 5. The van der Waals surface area contributed by atoms with Crippen molar-refractivity contribution in [3.63, 3.8) is 0 Å². The van der Waals surface area contributed by atoms with Gasteiger partial charge in [0.05, 0.1) is 16.6 Å². The van der Waals surface area contributed by atoms with Gasteiger partial charge in [-0.25, -0.2) is 15.0 Å². The summed E-state index contributed by atoms with van der Waals surface area (Å²) in [5, 5.41) is 3.85. The van der Waals surface area contributed by atoms with Gasteiger partial charge in [-0.3, -0.25) is 0 Å². The van der Waals surface area contributed by atoms with E-state index in [1.807, 2.05) is 12.1 Å². The summed E-state index contributed by atoms with van der Waals surface area (Å²) in [5.41, 5.74) is 16.0. The first-order chi connectivity index (χ1) is 30.7. The van der Waals surface area contributed by atoms with Crippen LogP contribution in [0.2, 0.25) is 0 Å². The lowest BCUT2D eigenvalue weighted by Gasteiger charge is -2.14. The van der Waals surface area contributed by atoms with Crippen LogP contribution in [0.3, 0.4) is 0 Å². The fourth-order valence-electron chi connectivity index (χ4n) is 9.32. The van der Waals surface area contributed by atoms with Crippen molar-refractivity contribution < 1.29 is 0 Å². The molecule has 8 aromatic carbocycles. The Hall–Kier alpha value is -8.15. The maximum Gasteiger partial charge on any atom is 0.164 e. The highest BCUT2D eigenvalue weighted by Gasteiger charge is 2.24. The van der Waals surface area contributed by atoms with E-state index in [-0.39, 0.29) is 0 Å². The third kappa shape index (κ3) is 6.05. The molecule has 0 radical (unpaired) electrons. The fraction of sp³-hybridized carbons (Fsp3) is 0.0351.